The van der Waals surface area contributed by atoms with Crippen LogP contribution in [-0.2, 0) is 9.59 Å². The Morgan fingerprint density at radius 3 is 1.44 bits per heavy atom. The lowest BCUT2D eigenvalue weighted by Crippen LogP contribution is -2.40. The third kappa shape index (κ3) is 18.1. The number of carboxylic acids is 1. The summed E-state index contributed by atoms with van der Waals surface area (Å²) in [5.41, 5.74) is 0. The predicted molar refractivity (Wildman–Crippen MR) is 114 cm³/mol. The van der Waals surface area contributed by atoms with E-state index in [0.717, 1.165) is 19.3 Å². The van der Waals surface area contributed by atoms with Crippen LogP contribution in [0.2, 0.25) is 0 Å². The second kappa shape index (κ2) is 19.7. The van der Waals surface area contributed by atoms with Crippen LogP contribution in [0.5, 0.6) is 0 Å². The van der Waals surface area contributed by atoms with Crippen LogP contribution in [0.15, 0.2) is 0 Å². The van der Waals surface area contributed by atoms with E-state index in [0.29, 0.717) is 12.8 Å². The minimum Gasteiger partial charge on any atom is -0.480 e. The van der Waals surface area contributed by atoms with E-state index in [-0.39, 0.29) is 5.91 Å². The molecule has 0 saturated heterocycles. The largest absolute Gasteiger partial charge is 0.480 e. The molecule has 4 nitrogen and oxygen atoms in total. The molecule has 0 fully saturated rings. The topological polar surface area (TPSA) is 66.4 Å². The van der Waals surface area contributed by atoms with E-state index in [1.165, 1.54) is 83.5 Å². The molecule has 0 aromatic carbocycles. The van der Waals surface area contributed by atoms with E-state index >= 15 is 0 Å². The van der Waals surface area contributed by atoms with E-state index in [1.807, 2.05) is 6.92 Å². The first-order valence-corrected chi connectivity index (χ1v) is 11.6. The number of hydrogen-bond acceptors (Lipinski definition) is 2. The zero-order valence-corrected chi connectivity index (χ0v) is 18.1. The molecule has 0 radical (unpaired) electrons. The first-order chi connectivity index (χ1) is 13.1. The molecular formula is C23H45NO3. The summed E-state index contributed by atoms with van der Waals surface area (Å²) in [6, 6.07) is -0.723. The van der Waals surface area contributed by atoms with Crippen LogP contribution >= 0.6 is 0 Å². The van der Waals surface area contributed by atoms with Gasteiger partial charge in [-0.05, 0) is 12.8 Å². The molecule has 0 aliphatic rings. The molecular weight excluding hydrogens is 338 g/mol. The van der Waals surface area contributed by atoms with E-state index in [1.54, 1.807) is 0 Å². The van der Waals surface area contributed by atoms with Gasteiger partial charge in [0.15, 0.2) is 0 Å². The van der Waals surface area contributed by atoms with E-state index in [4.69, 9.17) is 5.11 Å². The maximum atomic E-state index is 11.8. The van der Waals surface area contributed by atoms with E-state index < -0.39 is 12.0 Å². The van der Waals surface area contributed by atoms with Crippen molar-refractivity contribution in [2.75, 3.05) is 0 Å². The van der Waals surface area contributed by atoms with Gasteiger partial charge < -0.3 is 10.4 Å². The van der Waals surface area contributed by atoms with Gasteiger partial charge in [-0.15, -0.1) is 0 Å². The smallest absolute Gasteiger partial charge is 0.326 e. The molecule has 2 N–H and O–H groups in total. The number of unbranched alkanes of at least 4 members (excludes halogenated alkanes) is 14. The van der Waals surface area contributed by atoms with Gasteiger partial charge in [0.1, 0.15) is 6.04 Å². The predicted octanol–water partition coefficient (Wildman–Crippen LogP) is 6.62. The van der Waals surface area contributed by atoms with Gasteiger partial charge in [0, 0.05) is 6.42 Å². The highest BCUT2D eigenvalue weighted by Crippen LogP contribution is 2.13. The first kappa shape index (κ1) is 25.9. The van der Waals surface area contributed by atoms with Crippen molar-refractivity contribution >= 4 is 11.9 Å². The number of nitrogens with one attached hydrogen (secondary N) is 1. The number of amides is 1. The number of carbonyl (C=O) groups excluding carboxylic acids is 1. The lowest BCUT2D eigenvalue weighted by atomic mass is 10.0. The van der Waals surface area contributed by atoms with Crippen molar-refractivity contribution < 1.29 is 14.7 Å². The molecule has 0 rings (SSSR count). The Labute approximate surface area is 167 Å². The fourth-order valence-electron chi connectivity index (χ4n) is 3.47. The number of carboxylic acid groups (broad SMARTS) is 1. The van der Waals surface area contributed by atoms with Crippen LogP contribution in [0, 0.1) is 0 Å². The number of hydrogen-bond donors (Lipinski definition) is 2. The summed E-state index contributed by atoms with van der Waals surface area (Å²) in [6.07, 6.45) is 21.3. The fourth-order valence-corrected chi connectivity index (χ4v) is 3.47. The summed E-state index contributed by atoms with van der Waals surface area (Å²) in [6.45, 7) is 4.19. The van der Waals surface area contributed by atoms with E-state index in [2.05, 4.69) is 12.2 Å². The maximum absolute atomic E-state index is 11.8. The third-order valence-electron chi connectivity index (χ3n) is 5.22. The maximum Gasteiger partial charge on any atom is 0.326 e. The molecule has 0 bridgehead atoms. The van der Waals surface area contributed by atoms with Gasteiger partial charge >= 0.3 is 5.97 Å². The lowest BCUT2D eigenvalue weighted by molar-refractivity contribution is -0.142. The molecule has 0 aliphatic heterocycles. The molecule has 27 heavy (non-hydrogen) atoms. The summed E-state index contributed by atoms with van der Waals surface area (Å²) in [4.78, 5) is 22.8. The number of carbonyl (C=O) groups is 2. The molecule has 1 amide bonds. The van der Waals surface area contributed by atoms with Gasteiger partial charge in [0.05, 0.1) is 0 Å². The average Bonchev–Trinajstić information content (AvgIpc) is 2.64. The van der Waals surface area contributed by atoms with Crippen molar-refractivity contribution in [2.24, 2.45) is 0 Å². The summed E-state index contributed by atoms with van der Waals surface area (Å²) in [5, 5.41) is 11.7. The van der Waals surface area contributed by atoms with Gasteiger partial charge in [-0.1, -0.05) is 110 Å². The fraction of sp³-hybridized carbons (Fsp3) is 0.913. The van der Waals surface area contributed by atoms with Crippen LogP contribution in [0.4, 0.5) is 0 Å². The molecule has 160 valence electrons. The third-order valence-corrected chi connectivity index (χ3v) is 5.22. The SMILES string of the molecule is CCCCCCCCCCCCCCCCCC(=O)N[C@@H](CCC)C(=O)O. The zero-order valence-electron chi connectivity index (χ0n) is 18.1. The van der Waals surface area contributed by atoms with Gasteiger partial charge in [0.2, 0.25) is 5.91 Å². The van der Waals surface area contributed by atoms with Gasteiger partial charge in [-0.2, -0.15) is 0 Å². The summed E-state index contributed by atoms with van der Waals surface area (Å²) in [5.74, 6) is -1.05. The van der Waals surface area contributed by atoms with Crippen molar-refractivity contribution in [1.29, 1.82) is 0 Å². The Morgan fingerprint density at radius 1 is 0.667 bits per heavy atom. The Hall–Kier alpha value is -1.06. The van der Waals surface area contributed by atoms with Crippen LogP contribution in [-0.4, -0.2) is 23.0 Å². The molecule has 0 unspecified atom stereocenters. The minimum atomic E-state index is -0.929. The zero-order chi connectivity index (χ0) is 20.2. The lowest BCUT2D eigenvalue weighted by Gasteiger charge is -2.13. The Bertz CT molecular complexity index is 358. The molecule has 0 aromatic rings. The van der Waals surface area contributed by atoms with Crippen LogP contribution in [0.3, 0.4) is 0 Å². The monoisotopic (exact) mass is 383 g/mol. The minimum absolute atomic E-state index is 0.120. The van der Waals surface area contributed by atoms with Crippen molar-refractivity contribution in [3.8, 4) is 0 Å². The second-order valence-electron chi connectivity index (χ2n) is 7.95. The Balaban J connectivity index is 3.33. The molecule has 0 spiro atoms. The normalized spacial score (nSPS) is 12.1. The summed E-state index contributed by atoms with van der Waals surface area (Å²) >= 11 is 0. The van der Waals surface area contributed by atoms with Crippen LogP contribution < -0.4 is 5.32 Å². The van der Waals surface area contributed by atoms with Crippen LogP contribution in [0.1, 0.15) is 129 Å². The van der Waals surface area contributed by atoms with Crippen molar-refractivity contribution in [1.82, 2.24) is 5.32 Å². The van der Waals surface area contributed by atoms with Crippen LogP contribution in [0.25, 0.3) is 0 Å². The van der Waals surface area contributed by atoms with Gasteiger partial charge in [-0.3, -0.25) is 4.79 Å². The van der Waals surface area contributed by atoms with Gasteiger partial charge in [0.25, 0.3) is 0 Å². The quantitative estimate of drug-likeness (QED) is 0.232. The van der Waals surface area contributed by atoms with Crippen molar-refractivity contribution in [2.45, 2.75) is 135 Å². The average molecular weight is 384 g/mol. The Morgan fingerprint density at radius 2 is 1.07 bits per heavy atom. The molecule has 1 atom stereocenters. The molecule has 0 aromatic heterocycles. The first-order valence-electron chi connectivity index (χ1n) is 11.6. The highest BCUT2D eigenvalue weighted by atomic mass is 16.4. The number of rotatable bonds is 20. The van der Waals surface area contributed by atoms with E-state index in [9.17, 15) is 9.59 Å². The highest BCUT2D eigenvalue weighted by Gasteiger charge is 2.18. The van der Waals surface area contributed by atoms with Crippen molar-refractivity contribution in [3.05, 3.63) is 0 Å². The number of aliphatic carboxylic acids is 1. The van der Waals surface area contributed by atoms with Crippen molar-refractivity contribution in [3.63, 3.8) is 0 Å². The summed E-state index contributed by atoms with van der Waals surface area (Å²) in [7, 11) is 0. The summed E-state index contributed by atoms with van der Waals surface area (Å²) < 4.78 is 0. The highest BCUT2D eigenvalue weighted by molar-refractivity contribution is 5.83. The second-order valence-corrected chi connectivity index (χ2v) is 7.95. The standard InChI is InChI=1S/C23H45NO3/c1-3-5-6-7-8-9-10-11-12-13-14-15-16-17-18-20-22(25)24-21(19-4-2)23(26)27/h21H,3-20H2,1-2H3,(H,24,25)(H,26,27)/t21-/m0/s1. The molecule has 0 aliphatic carbocycles. The Kier molecular flexibility index (Phi) is 18.9. The molecule has 0 saturated carbocycles. The molecule has 0 heterocycles. The molecule has 4 heteroatoms. The van der Waals surface area contributed by atoms with Gasteiger partial charge in [-0.25, -0.2) is 4.79 Å².